The maximum absolute atomic E-state index is 12.9. The fourth-order valence-corrected chi connectivity index (χ4v) is 2.83. The lowest BCUT2D eigenvalue weighted by molar-refractivity contribution is 0.465. The van der Waals surface area contributed by atoms with Crippen molar-refractivity contribution in [3.63, 3.8) is 0 Å². The summed E-state index contributed by atoms with van der Waals surface area (Å²) in [5, 5.41) is 8.76. The SMILES string of the molecule is Cc1ccc(-c2nnc(S[C@@H](C)c3ccc(F)cc3)o2)cc1. The summed E-state index contributed by atoms with van der Waals surface area (Å²) in [6, 6.07) is 14.4. The number of hydrogen-bond donors (Lipinski definition) is 0. The average molecular weight is 314 g/mol. The second-order valence-corrected chi connectivity index (χ2v) is 6.34. The number of benzene rings is 2. The number of rotatable bonds is 4. The van der Waals surface area contributed by atoms with Crippen LogP contribution in [-0.2, 0) is 0 Å². The molecule has 0 aliphatic heterocycles. The second kappa shape index (κ2) is 6.32. The molecule has 3 aromatic rings. The smallest absolute Gasteiger partial charge is 0.277 e. The van der Waals surface area contributed by atoms with Crippen molar-refractivity contribution in [3.05, 3.63) is 65.5 Å². The Morgan fingerprint density at radius 2 is 1.68 bits per heavy atom. The molecule has 0 saturated heterocycles. The van der Waals surface area contributed by atoms with Crippen molar-refractivity contribution in [2.75, 3.05) is 0 Å². The van der Waals surface area contributed by atoms with Crippen LogP contribution in [-0.4, -0.2) is 10.2 Å². The summed E-state index contributed by atoms with van der Waals surface area (Å²) in [4.78, 5) is 0. The lowest BCUT2D eigenvalue weighted by atomic mass is 10.1. The van der Waals surface area contributed by atoms with E-state index >= 15 is 0 Å². The van der Waals surface area contributed by atoms with Crippen LogP contribution in [0.3, 0.4) is 0 Å². The number of aryl methyl sites for hydroxylation is 1. The average Bonchev–Trinajstić information content (AvgIpc) is 2.97. The van der Waals surface area contributed by atoms with Gasteiger partial charge in [-0.1, -0.05) is 41.6 Å². The van der Waals surface area contributed by atoms with E-state index in [-0.39, 0.29) is 11.1 Å². The van der Waals surface area contributed by atoms with Crippen molar-refractivity contribution < 1.29 is 8.81 Å². The fourth-order valence-electron chi connectivity index (χ4n) is 2.02. The summed E-state index contributed by atoms with van der Waals surface area (Å²) >= 11 is 1.46. The van der Waals surface area contributed by atoms with E-state index in [9.17, 15) is 4.39 Å². The summed E-state index contributed by atoms with van der Waals surface area (Å²) < 4.78 is 18.6. The van der Waals surface area contributed by atoms with E-state index in [1.54, 1.807) is 12.1 Å². The first-order valence-corrected chi connectivity index (χ1v) is 7.82. The summed E-state index contributed by atoms with van der Waals surface area (Å²) in [6.07, 6.45) is 0. The predicted octanol–water partition coefficient (Wildman–Crippen LogP) is 5.04. The molecule has 3 nitrogen and oxygen atoms in total. The first-order chi connectivity index (χ1) is 10.6. The number of aromatic nitrogens is 2. The van der Waals surface area contributed by atoms with Gasteiger partial charge in [0.05, 0.1) is 0 Å². The van der Waals surface area contributed by atoms with E-state index in [1.165, 1.54) is 29.5 Å². The van der Waals surface area contributed by atoms with Crippen molar-refractivity contribution in [1.29, 1.82) is 0 Å². The number of nitrogens with zero attached hydrogens (tertiary/aromatic N) is 2. The van der Waals surface area contributed by atoms with Gasteiger partial charge in [-0.05, 0) is 43.7 Å². The maximum atomic E-state index is 12.9. The van der Waals surface area contributed by atoms with Gasteiger partial charge in [-0.25, -0.2) is 4.39 Å². The molecule has 0 unspecified atom stereocenters. The highest BCUT2D eigenvalue weighted by molar-refractivity contribution is 7.99. The number of hydrogen-bond acceptors (Lipinski definition) is 4. The molecule has 0 aliphatic rings. The second-order valence-electron chi connectivity index (χ2n) is 5.05. The van der Waals surface area contributed by atoms with Gasteiger partial charge >= 0.3 is 0 Å². The van der Waals surface area contributed by atoms with Crippen LogP contribution in [0.15, 0.2) is 58.2 Å². The molecule has 2 aromatic carbocycles. The normalized spacial score (nSPS) is 12.3. The first kappa shape index (κ1) is 14.8. The summed E-state index contributed by atoms with van der Waals surface area (Å²) in [5.41, 5.74) is 3.10. The Labute approximate surface area is 132 Å². The molecule has 112 valence electrons. The standard InChI is InChI=1S/C17H15FN2OS/c1-11-3-5-14(6-4-11)16-19-20-17(21-16)22-12(2)13-7-9-15(18)10-8-13/h3-10,12H,1-2H3/t12-/m0/s1. The molecule has 0 amide bonds. The molecule has 0 N–H and O–H groups in total. The molecular formula is C17H15FN2OS. The van der Waals surface area contributed by atoms with Crippen LogP contribution in [0.25, 0.3) is 11.5 Å². The molecule has 3 rings (SSSR count). The lowest BCUT2D eigenvalue weighted by Crippen LogP contribution is -1.88. The topological polar surface area (TPSA) is 38.9 Å². The van der Waals surface area contributed by atoms with E-state index in [2.05, 4.69) is 10.2 Å². The molecule has 5 heteroatoms. The van der Waals surface area contributed by atoms with Gasteiger partial charge < -0.3 is 4.42 Å². The quantitative estimate of drug-likeness (QED) is 0.633. The third kappa shape index (κ3) is 3.36. The van der Waals surface area contributed by atoms with Gasteiger partial charge in [-0.2, -0.15) is 0 Å². The molecule has 1 aromatic heterocycles. The van der Waals surface area contributed by atoms with Crippen LogP contribution in [0.4, 0.5) is 4.39 Å². The summed E-state index contributed by atoms with van der Waals surface area (Å²) in [7, 11) is 0. The molecule has 0 bridgehead atoms. The van der Waals surface area contributed by atoms with Gasteiger partial charge in [0.15, 0.2) is 0 Å². The summed E-state index contributed by atoms with van der Waals surface area (Å²) in [6.45, 7) is 4.05. The van der Waals surface area contributed by atoms with Crippen molar-refractivity contribution >= 4 is 11.8 Å². The molecule has 1 heterocycles. The zero-order valence-electron chi connectivity index (χ0n) is 12.3. The van der Waals surface area contributed by atoms with Gasteiger partial charge in [-0.3, -0.25) is 0 Å². The van der Waals surface area contributed by atoms with E-state index in [4.69, 9.17) is 4.42 Å². The van der Waals surface area contributed by atoms with E-state index in [0.29, 0.717) is 11.1 Å². The zero-order valence-corrected chi connectivity index (χ0v) is 13.1. The minimum Gasteiger partial charge on any atom is -0.411 e. The van der Waals surface area contributed by atoms with Gasteiger partial charge in [0.2, 0.25) is 5.89 Å². The molecule has 0 radical (unpaired) electrons. The van der Waals surface area contributed by atoms with Crippen molar-refractivity contribution in [2.45, 2.75) is 24.3 Å². The Balaban J connectivity index is 1.73. The highest BCUT2D eigenvalue weighted by Crippen LogP contribution is 2.35. The van der Waals surface area contributed by atoms with Crippen LogP contribution in [0.1, 0.15) is 23.3 Å². The Kier molecular flexibility index (Phi) is 4.24. The van der Waals surface area contributed by atoms with Crippen LogP contribution >= 0.6 is 11.8 Å². The van der Waals surface area contributed by atoms with E-state index in [0.717, 1.165) is 11.1 Å². The highest BCUT2D eigenvalue weighted by atomic mass is 32.2. The minimum atomic E-state index is -0.236. The van der Waals surface area contributed by atoms with Gasteiger partial charge in [0.1, 0.15) is 5.82 Å². The Bertz CT molecular complexity index is 753. The van der Waals surface area contributed by atoms with E-state index in [1.807, 2.05) is 38.1 Å². The number of thioether (sulfide) groups is 1. The molecule has 0 spiro atoms. The Hall–Kier alpha value is -2.14. The highest BCUT2D eigenvalue weighted by Gasteiger charge is 2.14. The zero-order chi connectivity index (χ0) is 15.5. The molecule has 22 heavy (non-hydrogen) atoms. The Morgan fingerprint density at radius 3 is 2.36 bits per heavy atom. The third-order valence-corrected chi connectivity index (χ3v) is 4.31. The molecule has 0 saturated carbocycles. The van der Waals surface area contributed by atoms with Crippen molar-refractivity contribution in [2.24, 2.45) is 0 Å². The van der Waals surface area contributed by atoms with Crippen molar-refractivity contribution in [1.82, 2.24) is 10.2 Å². The van der Waals surface area contributed by atoms with Gasteiger partial charge in [0, 0.05) is 10.8 Å². The van der Waals surface area contributed by atoms with Crippen molar-refractivity contribution in [3.8, 4) is 11.5 Å². The lowest BCUT2D eigenvalue weighted by Gasteiger charge is -2.08. The summed E-state index contributed by atoms with van der Waals surface area (Å²) in [5.74, 6) is 0.272. The predicted molar refractivity (Wildman–Crippen MR) is 85.1 cm³/mol. The van der Waals surface area contributed by atoms with Gasteiger partial charge in [0.25, 0.3) is 5.22 Å². The number of halogens is 1. The van der Waals surface area contributed by atoms with Crippen LogP contribution in [0.2, 0.25) is 0 Å². The van der Waals surface area contributed by atoms with Crippen LogP contribution in [0.5, 0.6) is 0 Å². The van der Waals surface area contributed by atoms with Crippen LogP contribution in [0, 0.1) is 12.7 Å². The Morgan fingerprint density at radius 1 is 1.00 bits per heavy atom. The largest absolute Gasteiger partial charge is 0.411 e. The van der Waals surface area contributed by atoms with Gasteiger partial charge in [-0.15, -0.1) is 10.2 Å². The third-order valence-electron chi connectivity index (χ3n) is 3.32. The molecule has 1 atom stereocenters. The monoisotopic (exact) mass is 314 g/mol. The maximum Gasteiger partial charge on any atom is 0.277 e. The van der Waals surface area contributed by atoms with Crippen LogP contribution < -0.4 is 0 Å². The first-order valence-electron chi connectivity index (χ1n) is 6.94. The molecular weight excluding hydrogens is 299 g/mol. The molecule has 0 aliphatic carbocycles. The fraction of sp³-hybridized carbons (Fsp3) is 0.176. The molecule has 0 fully saturated rings. The van der Waals surface area contributed by atoms with E-state index < -0.39 is 0 Å². The minimum absolute atomic E-state index is 0.104.